The SMILES string of the molecule is Cn1cc([C@@H](NC(=O)CCN2CCCCCC2=O)C2CC(O)C2)cn1. The van der Waals surface area contributed by atoms with E-state index in [-0.39, 0.29) is 29.9 Å². The second kappa shape index (κ2) is 7.99. The van der Waals surface area contributed by atoms with Gasteiger partial charge in [0.2, 0.25) is 11.8 Å². The summed E-state index contributed by atoms with van der Waals surface area (Å²) in [7, 11) is 1.85. The fraction of sp³-hybridized carbons (Fsp3) is 0.722. The average Bonchev–Trinajstić information content (AvgIpc) is 2.87. The van der Waals surface area contributed by atoms with E-state index in [4.69, 9.17) is 0 Å². The number of aliphatic hydroxyl groups is 1. The molecule has 1 aliphatic heterocycles. The fourth-order valence-electron chi connectivity index (χ4n) is 3.73. The Morgan fingerprint density at radius 3 is 2.88 bits per heavy atom. The highest BCUT2D eigenvalue weighted by atomic mass is 16.3. The lowest BCUT2D eigenvalue weighted by molar-refractivity contribution is -0.131. The molecule has 1 aromatic rings. The van der Waals surface area contributed by atoms with E-state index in [1.807, 2.05) is 18.1 Å². The second-order valence-corrected chi connectivity index (χ2v) is 7.32. The molecule has 138 valence electrons. The van der Waals surface area contributed by atoms with Gasteiger partial charge < -0.3 is 15.3 Å². The van der Waals surface area contributed by atoms with Gasteiger partial charge in [-0.2, -0.15) is 5.10 Å². The summed E-state index contributed by atoms with van der Waals surface area (Å²) in [6, 6.07) is -0.121. The maximum absolute atomic E-state index is 12.5. The summed E-state index contributed by atoms with van der Waals surface area (Å²) < 4.78 is 1.72. The summed E-state index contributed by atoms with van der Waals surface area (Å²) in [6.45, 7) is 1.24. The van der Waals surface area contributed by atoms with Crippen molar-refractivity contribution in [1.29, 1.82) is 0 Å². The number of aryl methyl sites for hydroxylation is 1. The van der Waals surface area contributed by atoms with E-state index in [2.05, 4.69) is 10.4 Å². The minimum atomic E-state index is -0.268. The second-order valence-electron chi connectivity index (χ2n) is 7.32. The van der Waals surface area contributed by atoms with Crippen LogP contribution < -0.4 is 5.32 Å². The first-order valence-corrected chi connectivity index (χ1v) is 9.26. The summed E-state index contributed by atoms with van der Waals surface area (Å²) >= 11 is 0. The van der Waals surface area contributed by atoms with Gasteiger partial charge in [0.15, 0.2) is 0 Å². The van der Waals surface area contributed by atoms with Crippen molar-refractivity contribution in [3.05, 3.63) is 18.0 Å². The molecule has 1 aliphatic carbocycles. The van der Waals surface area contributed by atoms with E-state index in [9.17, 15) is 14.7 Å². The third-order valence-electron chi connectivity index (χ3n) is 5.30. The van der Waals surface area contributed by atoms with Gasteiger partial charge in [0, 0.05) is 44.7 Å². The van der Waals surface area contributed by atoms with Crippen molar-refractivity contribution in [3.8, 4) is 0 Å². The Balaban J connectivity index is 1.55. The Morgan fingerprint density at radius 2 is 2.20 bits per heavy atom. The largest absolute Gasteiger partial charge is 0.393 e. The Morgan fingerprint density at radius 1 is 1.40 bits per heavy atom. The first-order valence-electron chi connectivity index (χ1n) is 9.26. The molecule has 3 rings (SSSR count). The highest BCUT2D eigenvalue weighted by molar-refractivity contribution is 5.79. The fourth-order valence-corrected chi connectivity index (χ4v) is 3.73. The Hall–Kier alpha value is -1.89. The standard InChI is InChI=1S/C18H28N4O3/c1-21-12-14(11-19-21)18(13-9-15(23)10-13)20-16(24)6-8-22-7-4-2-3-5-17(22)25/h11-13,15,18,23H,2-10H2,1H3,(H,20,24)/t13?,15?,18-/m0/s1. The van der Waals surface area contributed by atoms with Gasteiger partial charge in [0.05, 0.1) is 18.3 Å². The predicted octanol–water partition coefficient (Wildman–Crippen LogP) is 1.14. The molecule has 1 saturated carbocycles. The van der Waals surface area contributed by atoms with Gasteiger partial charge in [-0.3, -0.25) is 14.3 Å². The molecule has 1 atom stereocenters. The molecular weight excluding hydrogens is 320 g/mol. The number of amides is 2. The zero-order chi connectivity index (χ0) is 17.8. The molecular formula is C18H28N4O3. The van der Waals surface area contributed by atoms with Crippen LogP contribution in [0.5, 0.6) is 0 Å². The molecule has 7 nitrogen and oxygen atoms in total. The number of hydrogen-bond donors (Lipinski definition) is 2. The summed E-state index contributed by atoms with van der Waals surface area (Å²) in [5, 5.41) is 16.9. The maximum atomic E-state index is 12.5. The number of nitrogens with one attached hydrogen (secondary N) is 1. The van der Waals surface area contributed by atoms with Crippen molar-refractivity contribution in [2.24, 2.45) is 13.0 Å². The number of nitrogens with zero attached hydrogens (tertiary/aromatic N) is 3. The summed E-state index contributed by atoms with van der Waals surface area (Å²) in [5.74, 6) is 0.353. The molecule has 2 amide bonds. The molecule has 2 aliphatic rings. The molecule has 0 unspecified atom stereocenters. The number of likely N-dealkylation sites (tertiary alicyclic amines) is 1. The lowest BCUT2D eigenvalue weighted by atomic mass is 9.75. The number of carbonyl (C=O) groups excluding carboxylic acids is 2. The zero-order valence-electron chi connectivity index (χ0n) is 14.9. The molecule has 2 heterocycles. The first-order chi connectivity index (χ1) is 12.0. The molecule has 2 N–H and O–H groups in total. The molecule has 1 saturated heterocycles. The summed E-state index contributed by atoms with van der Waals surface area (Å²) in [5.41, 5.74) is 0.971. The van der Waals surface area contributed by atoms with E-state index in [1.165, 1.54) is 0 Å². The Bertz CT molecular complexity index is 609. The van der Waals surface area contributed by atoms with E-state index in [0.717, 1.165) is 31.4 Å². The minimum absolute atomic E-state index is 0.0488. The van der Waals surface area contributed by atoms with Gasteiger partial charge in [-0.15, -0.1) is 0 Å². The normalized spacial score (nSPS) is 25.2. The molecule has 0 radical (unpaired) electrons. The van der Waals surface area contributed by atoms with Gasteiger partial charge in [-0.05, 0) is 31.6 Å². The zero-order valence-corrected chi connectivity index (χ0v) is 14.9. The van der Waals surface area contributed by atoms with Crippen LogP contribution in [-0.2, 0) is 16.6 Å². The third kappa shape index (κ3) is 4.60. The van der Waals surface area contributed by atoms with Crippen LogP contribution in [0.2, 0.25) is 0 Å². The van der Waals surface area contributed by atoms with Crippen LogP contribution in [0.1, 0.15) is 56.6 Å². The van der Waals surface area contributed by atoms with Gasteiger partial charge in [-0.25, -0.2) is 0 Å². The predicted molar refractivity (Wildman–Crippen MR) is 92.5 cm³/mol. The maximum Gasteiger partial charge on any atom is 0.222 e. The quantitative estimate of drug-likeness (QED) is 0.807. The Labute approximate surface area is 148 Å². The first kappa shape index (κ1) is 17.9. The Kier molecular flexibility index (Phi) is 5.73. The van der Waals surface area contributed by atoms with Crippen molar-refractivity contribution in [2.75, 3.05) is 13.1 Å². The van der Waals surface area contributed by atoms with Gasteiger partial charge in [-0.1, -0.05) is 6.42 Å². The van der Waals surface area contributed by atoms with Crippen LogP contribution >= 0.6 is 0 Å². The van der Waals surface area contributed by atoms with Crippen LogP contribution in [0.4, 0.5) is 0 Å². The van der Waals surface area contributed by atoms with Crippen molar-refractivity contribution in [1.82, 2.24) is 20.0 Å². The molecule has 0 bridgehead atoms. The van der Waals surface area contributed by atoms with E-state index in [1.54, 1.807) is 10.9 Å². The number of hydrogen-bond acceptors (Lipinski definition) is 4. The van der Waals surface area contributed by atoms with Crippen LogP contribution in [0.25, 0.3) is 0 Å². The third-order valence-corrected chi connectivity index (χ3v) is 5.30. The number of carbonyl (C=O) groups is 2. The van der Waals surface area contributed by atoms with Crippen molar-refractivity contribution < 1.29 is 14.7 Å². The van der Waals surface area contributed by atoms with E-state index >= 15 is 0 Å². The molecule has 0 aromatic carbocycles. The molecule has 0 spiro atoms. The van der Waals surface area contributed by atoms with Crippen LogP contribution in [0.15, 0.2) is 12.4 Å². The van der Waals surface area contributed by atoms with Crippen LogP contribution in [0, 0.1) is 5.92 Å². The molecule has 1 aromatic heterocycles. The number of aromatic nitrogens is 2. The average molecular weight is 348 g/mol. The van der Waals surface area contributed by atoms with Gasteiger partial charge in [0.1, 0.15) is 0 Å². The molecule has 2 fully saturated rings. The molecule has 25 heavy (non-hydrogen) atoms. The molecule has 7 heteroatoms. The van der Waals surface area contributed by atoms with Crippen LogP contribution in [-0.4, -0.2) is 50.8 Å². The minimum Gasteiger partial charge on any atom is -0.393 e. The number of aliphatic hydroxyl groups excluding tert-OH is 1. The monoisotopic (exact) mass is 348 g/mol. The summed E-state index contributed by atoms with van der Waals surface area (Å²) in [4.78, 5) is 26.3. The lowest BCUT2D eigenvalue weighted by Gasteiger charge is -2.37. The van der Waals surface area contributed by atoms with Crippen molar-refractivity contribution in [3.63, 3.8) is 0 Å². The van der Waals surface area contributed by atoms with Gasteiger partial charge >= 0.3 is 0 Å². The van der Waals surface area contributed by atoms with Gasteiger partial charge in [0.25, 0.3) is 0 Å². The van der Waals surface area contributed by atoms with Crippen LogP contribution in [0.3, 0.4) is 0 Å². The lowest BCUT2D eigenvalue weighted by Crippen LogP contribution is -2.42. The van der Waals surface area contributed by atoms with Crippen molar-refractivity contribution >= 4 is 11.8 Å². The highest BCUT2D eigenvalue weighted by Crippen LogP contribution is 2.38. The van der Waals surface area contributed by atoms with E-state index in [0.29, 0.717) is 32.2 Å². The van der Waals surface area contributed by atoms with E-state index < -0.39 is 0 Å². The van der Waals surface area contributed by atoms with Crippen molar-refractivity contribution in [2.45, 2.75) is 57.1 Å². The number of rotatable bonds is 6. The summed E-state index contributed by atoms with van der Waals surface area (Å²) in [6.07, 6.45) is 8.78. The topological polar surface area (TPSA) is 87.5 Å². The smallest absolute Gasteiger partial charge is 0.222 e. The highest BCUT2D eigenvalue weighted by Gasteiger charge is 2.36.